The fourth-order valence-electron chi connectivity index (χ4n) is 5.67. The van der Waals surface area contributed by atoms with Gasteiger partial charge in [-0.15, -0.1) is 0 Å². The molecule has 2 fully saturated rings. The van der Waals surface area contributed by atoms with Crippen molar-refractivity contribution < 1.29 is 8.78 Å². The van der Waals surface area contributed by atoms with Crippen LogP contribution in [0.2, 0.25) is 0 Å². The summed E-state index contributed by atoms with van der Waals surface area (Å²) in [4.78, 5) is 0. The lowest BCUT2D eigenvalue weighted by molar-refractivity contribution is 0.124. The summed E-state index contributed by atoms with van der Waals surface area (Å²) < 4.78 is 29.4. The highest BCUT2D eigenvalue weighted by Crippen LogP contribution is 2.47. The first-order chi connectivity index (χ1) is 13.6. The average Bonchev–Trinajstić information content (AvgIpc) is 2.71. The van der Waals surface area contributed by atoms with Gasteiger partial charge in [-0.1, -0.05) is 37.6 Å². The van der Waals surface area contributed by atoms with Crippen LogP contribution in [0.25, 0.3) is 10.8 Å². The molecule has 2 aliphatic rings. The molecule has 0 heterocycles. The molecule has 0 radical (unpaired) electrons. The molecule has 0 N–H and O–H groups in total. The third-order valence-electron chi connectivity index (χ3n) is 7.28. The van der Waals surface area contributed by atoms with E-state index < -0.39 is 11.6 Å². The van der Waals surface area contributed by atoms with E-state index in [0.29, 0.717) is 23.3 Å². The first-order valence-electron chi connectivity index (χ1n) is 11.1. The van der Waals surface area contributed by atoms with E-state index in [4.69, 9.17) is 0 Å². The van der Waals surface area contributed by atoms with E-state index in [1.165, 1.54) is 44.1 Å². The van der Waals surface area contributed by atoms with Crippen molar-refractivity contribution in [3.63, 3.8) is 0 Å². The normalized spacial score (nSPS) is 28.0. The minimum Gasteiger partial charge on any atom is -0.203 e. The highest BCUT2D eigenvalue weighted by molar-refractivity contribution is 5.85. The van der Waals surface area contributed by atoms with Gasteiger partial charge in [-0.3, -0.25) is 0 Å². The molecular weight excluding hydrogens is 350 g/mol. The third kappa shape index (κ3) is 3.88. The second-order valence-electron chi connectivity index (χ2n) is 9.20. The maximum Gasteiger partial charge on any atom is 0.166 e. The van der Waals surface area contributed by atoms with Crippen molar-refractivity contribution >= 4 is 10.8 Å². The van der Waals surface area contributed by atoms with Crippen molar-refractivity contribution in [2.24, 2.45) is 17.8 Å². The fraction of sp³-hybridized carbons (Fsp3) is 0.538. The molecule has 2 heteroatoms. The molecule has 0 amide bonds. The summed E-state index contributed by atoms with van der Waals surface area (Å²) in [6.07, 6.45) is 13.0. The molecule has 2 aromatic carbocycles. The van der Waals surface area contributed by atoms with Crippen LogP contribution in [0.3, 0.4) is 0 Å². The Morgan fingerprint density at radius 1 is 0.964 bits per heavy atom. The Balaban J connectivity index is 1.58. The van der Waals surface area contributed by atoms with Gasteiger partial charge in [0.05, 0.1) is 0 Å². The smallest absolute Gasteiger partial charge is 0.166 e. The Bertz CT molecular complexity index is 866. The van der Waals surface area contributed by atoms with Gasteiger partial charge >= 0.3 is 0 Å². The molecule has 4 rings (SSSR count). The second kappa shape index (κ2) is 8.35. The molecule has 0 nitrogen and oxygen atoms in total. The van der Waals surface area contributed by atoms with Crippen LogP contribution >= 0.6 is 0 Å². The Morgan fingerprint density at radius 3 is 2.57 bits per heavy atom. The van der Waals surface area contributed by atoms with E-state index in [-0.39, 0.29) is 0 Å². The lowest BCUT2D eigenvalue weighted by Crippen LogP contribution is -2.29. The number of hydrogen-bond donors (Lipinski definition) is 0. The highest BCUT2D eigenvalue weighted by atomic mass is 19.2. The zero-order chi connectivity index (χ0) is 19.7. The zero-order valence-corrected chi connectivity index (χ0v) is 17.2. The van der Waals surface area contributed by atoms with Crippen LogP contribution in [-0.4, -0.2) is 0 Å². The van der Waals surface area contributed by atoms with Gasteiger partial charge in [0.1, 0.15) is 0 Å². The Morgan fingerprint density at radius 2 is 1.75 bits per heavy atom. The number of halogens is 2. The van der Waals surface area contributed by atoms with Gasteiger partial charge in [-0.05, 0) is 104 Å². The number of allylic oxidation sites excluding steroid dienone is 2. The molecule has 0 bridgehead atoms. The first-order valence-corrected chi connectivity index (χ1v) is 11.1. The molecule has 28 heavy (non-hydrogen) atoms. The molecule has 0 aromatic heterocycles. The van der Waals surface area contributed by atoms with Crippen molar-refractivity contribution in [2.45, 2.75) is 71.1 Å². The molecule has 2 aliphatic carbocycles. The van der Waals surface area contributed by atoms with Crippen LogP contribution in [0.5, 0.6) is 0 Å². The predicted octanol–water partition coefficient (Wildman–Crippen LogP) is 7.95. The van der Waals surface area contributed by atoms with Crippen LogP contribution in [-0.2, 0) is 6.42 Å². The summed E-state index contributed by atoms with van der Waals surface area (Å²) in [6.45, 7) is 4.33. The summed E-state index contributed by atoms with van der Waals surface area (Å²) in [5.41, 5.74) is 1.68. The molecule has 0 saturated heterocycles. The number of aryl methyl sites for hydroxylation is 1. The van der Waals surface area contributed by atoms with Gasteiger partial charge < -0.3 is 0 Å². The third-order valence-corrected chi connectivity index (χ3v) is 7.28. The predicted molar refractivity (Wildman–Crippen MR) is 114 cm³/mol. The maximum absolute atomic E-state index is 14.8. The average molecular weight is 383 g/mol. The van der Waals surface area contributed by atoms with Crippen LogP contribution in [0.4, 0.5) is 8.78 Å². The van der Waals surface area contributed by atoms with Gasteiger partial charge in [-0.2, -0.15) is 0 Å². The lowest BCUT2D eigenvalue weighted by Gasteiger charge is -2.41. The Kier molecular flexibility index (Phi) is 5.85. The largest absolute Gasteiger partial charge is 0.203 e. The first kappa shape index (κ1) is 19.6. The van der Waals surface area contributed by atoms with Gasteiger partial charge in [0.15, 0.2) is 11.6 Å². The Labute approximate surface area is 168 Å². The summed E-state index contributed by atoms with van der Waals surface area (Å²) in [5, 5.41) is 1.27. The minimum absolute atomic E-state index is 0.448. The van der Waals surface area contributed by atoms with Crippen LogP contribution in [0.1, 0.15) is 75.8 Å². The lowest BCUT2D eigenvalue weighted by atomic mass is 9.64. The van der Waals surface area contributed by atoms with Crippen LogP contribution < -0.4 is 0 Å². The van der Waals surface area contributed by atoms with Crippen molar-refractivity contribution in [1.82, 2.24) is 0 Å². The summed E-state index contributed by atoms with van der Waals surface area (Å²) in [5.74, 6) is 1.73. The maximum atomic E-state index is 14.8. The number of benzene rings is 2. The molecule has 2 aromatic rings. The molecule has 0 aliphatic heterocycles. The second-order valence-corrected chi connectivity index (χ2v) is 9.20. The standard InChI is InChI=1S/C26H32F2/c1-3-4-5-6-23-15-22-12-11-21(16-24(22)26(28)25(23)27)20-10-9-18-13-17(2)7-8-19(18)14-20/h3-4,11-12,15-20H,5-10,13-14H2,1-2H3. The van der Waals surface area contributed by atoms with Crippen molar-refractivity contribution in [1.29, 1.82) is 0 Å². The quantitative estimate of drug-likeness (QED) is 0.471. The zero-order valence-electron chi connectivity index (χ0n) is 17.2. The molecule has 0 spiro atoms. The molecular formula is C26H32F2. The summed E-state index contributed by atoms with van der Waals surface area (Å²) >= 11 is 0. The fourth-order valence-corrected chi connectivity index (χ4v) is 5.67. The van der Waals surface area contributed by atoms with Crippen LogP contribution in [0, 0.1) is 29.4 Å². The van der Waals surface area contributed by atoms with E-state index >= 15 is 0 Å². The summed E-state index contributed by atoms with van der Waals surface area (Å²) in [7, 11) is 0. The monoisotopic (exact) mass is 382 g/mol. The van der Waals surface area contributed by atoms with E-state index in [2.05, 4.69) is 13.0 Å². The van der Waals surface area contributed by atoms with Gasteiger partial charge in [-0.25, -0.2) is 8.78 Å². The molecule has 4 atom stereocenters. The van der Waals surface area contributed by atoms with Crippen molar-refractivity contribution in [2.75, 3.05) is 0 Å². The number of hydrogen-bond acceptors (Lipinski definition) is 0. The van der Waals surface area contributed by atoms with Gasteiger partial charge in [0, 0.05) is 5.39 Å². The van der Waals surface area contributed by atoms with E-state index in [1.807, 2.05) is 37.3 Å². The van der Waals surface area contributed by atoms with Crippen molar-refractivity contribution in [3.8, 4) is 0 Å². The minimum atomic E-state index is -0.671. The van der Waals surface area contributed by atoms with Gasteiger partial charge in [0.25, 0.3) is 0 Å². The number of rotatable bonds is 4. The molecule has 4 unspecified atom stereocenters. The van der Waals surface area contributed by atoms with Crippen molar-refractivity contribution in [3.05, 3.63) is 59.2 Å². The number of fused-ring (bicyclic) bond motifs is 2. The van der Waals surface area contributed by atoms with E-state index in [1.54, 1.807) is 0 Å². The SMILES string of the molecule is CC=CCCc1cc2ccc(C3CCC4CC(C)CCC4C3)cc2c(F)c1F. The summed E-state index contributed by atoms with van der Waals surface area (Å²) in [6, 6.07) is 7.92. The molecule has 150 valence electrons. The van der Waals surface area contributed by atoms with Gasteiger partial charge in [0.2, 0.25) is 0 Å². The topological polar surface area (TPSA) is 0 Å². The van der Waals surface area contributed by atoms with E-state index in [0.717, 1.165) is 29.6 Å². The highest BCUT2D eigenvalue weighted by Gasteiger charge is 2.34. The molecule has 2 saturated carbocycles. The van der Waals surface area contributed by atoms with E-state index in [9.17, 15) is 8.78 Å². The van der Waals surface area contributed by atoms with Crippen LogP contribution in [0.15, 0.2) is 36.4 Å². The Hall–Kier alpha value is -1.70.